The van der Waals surface area contributed by atoms with Crippen molar-refractivity contribution in [2.75, 3.05) is 18.6 Å². The number of carbonyl (C=O) groups excluding carboxylic acids is 4. The maximum Gasteiger partial charge on any atom is 0.326 e. The zero-order valence-corrected chi connectivity index (χ0v) is 24.0. The van der Waals surface area contributed by atoms with Gasteiger partial charge in [0.15, 0.2) is 0 Å². The molecule has 0 bridgehead atoms. The third-order valence-corrected chi connectivity index (χ3v) is 7.22. The Bertz CT molecular complexity index is 1190. The van der Waals surface area contributed by atoms with Crippen LogP contribution in [0.4, 0.5) is 0 Å². The fourth-order valence-electron chi connectivity index (χ4n) is 4.23. The minimum atomic E-state index is -1.37. The molecule has 0 aliphatic heterocycles. The number of rotatable bonds is 19. The van der Waals surface area contributed by atoms with Crippen molar-refractivity contribution in [2.24, 2.45) is 17.2 Å². The van der Waals surface area contributed by atoms with Crippen LogP contribution < -0.4 is 33.2 Å². The fraction of sp³-hybridized carbons (Fsp3) is 0.519. The number of thioether (sulfide) groups is 1. The van der Waals surface area contributed by atoms with Gasteiger partial charge in [0.25, 0.3) is 0 Å². The molecule has 1 heterocycles. The third-order valence-electron chi connectivity index (χ3n) is 6.58. The number of nitrogens with two attached hydrogens (primary N) is 3. The fourth-order valence-corrected chi connectivity index (χ4v) is 4.72. The first-order chi connectivity index (χ1) is 19.6. The summed E-state index contributed by atoms with van der Waals surface area (Å²) < 4.78 is 0. The molecule has 1 aromatic carbocycles. The number of aromatic amines is 1. The van der Waals surface area contributed by atoms with Gasteiger partial charge < -0.3 is 43.2 Å². The van der Waals surface area contributed by atoms with Crippen molar-refractivity contribution in [3.63, 3.8) is 0 Å². The predicted octanol–water partition coefficient (Wildman–Crippen LogP) is -0.276. The number of nitrogens with one attached hydrogen (secondary N) is 4. The standard InChI is InChI=1S/C27H41N7O6S/c1-41-13-11-18(29)24(36)34-22(14-16-15-31-19-7-3-2-6-17(16)19)26(38)32-20(8-4-5-12-28)25(37)33-21(27(39)40)9-10-23(30)35/h2-3,6-7,15,18,20-22,31H,4-5,8-14,28-29H2,1H3,(H2,30,35)(H,32,38)(H,33,37)(H,34,36)(H,39,40). The summed E-state index contributed by atoms with van der Waals surface area (Å²) in [5.74, 6) is -3.24. The van der Waals surface area contributed by atoms with Gasteiger partial charge in [-0.05, 0) is 62.3 Å². The summed E-state index contributed by atoms with van der Waals surface area (Å²) in [4.78, 5) is 65.6. The number of carbonyl (C=O) groups is 5. The number of para-hydroxylation sites is 1. The number of hydrogen-bond acceptors (Lipinski definition) is 8. The first-order valence-corrected chi connectivity index (χ1v) is 14.9. The number of H-pyrrole nitrogens is 1. The average molecular weight is 592 g/mol. The van der Waals surface area contributed by atoms with Crippen LogP contribution in [-0.2, 0) is 30.4 Å². The monoisotopic (exact) mass is 591 g/mol. The van der Waals surface area contributed by atoms with Gasteiger partial charge in [-0.15, -0.1) is 0 Å². The molecule has 2 rings (SSSR count). The highest BCUT2D eigenvalue weighted by Gasteiger charge is 2.31. The molecule has 1 aromatic heterocycles. The smallest absolute Gasteiger partial charge is 0.326 e. The zero-order chi connectivity index (χ0) is 30.4. The van der Waals surface area contributed by atoms with E-state index in [1.54, 1.807) is 18.0 Å². The Balaban J connectivity index is 2.28. The van der Waals surface area contributed by atoms with Crippen LogP contribution in [0, 0.1) is 0 Å². The highest BCUT2D eigenvalue weighted by Crippen LogP contribution is 2.19. The van der Waals surface area contributed by atoms with E-state index in [2.05, 4.69) is 20.9 Å². The van der Waals surface area contributed by atoms with Crippen LogP contribution in [0.3, 0.4) is 0 Å². The van der Waals surface area contributed by atoms with Gasteiger partial charge in [0.1, 0.15) is 18.1 Å². The van der Waals surface area contributed by atoms with E-state index in [9.17, 15) is 29.1 Å². The second-order valence-corrected chi connectivity index (χ2v) is 10.7. The largest absolute Gasteiger partial charge is 0.480 e. The highest BCUT2D eigenvalue weighted by atomic mass is 32.2. The number of fused-ring (bicyclic) bond motifs is 1. The van der Waals surface area contributed by atoms with E-state index in [0.717, 1.165) is 16.5 Å². The quantitative estimate of drug-likeness (QED) is 0.100. The number of benzene rings is 1. The minimum Gasteiger partial charge on any atom is -0.480 e. The van der Waals surface area contributed by atoms with Crippen molar-refractivity contribution in [1.29, 1.82) is 0 Å². The Hall–Kier alpha value is -3.62. The SMILES string of the molecule is CSCCC(N)C(=O)NC(Cc1c[nH]c2ccccc12)C(=O)NC(CCCCN)C(=O)NC(CCC(N)=O)C(=O)O. The van der Waals surface area contributed by atoms with Crippen molar-refractivity contribution in [1.82, 2.24) is 20.9 Å². The maximum absolute atomic E-state index is 13.6. The molecule has 41 heavy (non-hydrogen) atoms. The third kappa shape index (κ3) is 11.1. The van der Waals surface area contributed by atoms with Gasteiger partial charge in [0.05, 0.1) is 6.04 Å². The van der Waals surface area contributed by atoms with E-state index < -0.39 is 53.8 Å². The second-order valence-electron chi connectivity index (χ2n) is 9.76. The van der Waals surface area contributed by atoms with Gasteiger partial charge in [-0.2, -0.15) is 11.8 Å². The number of aromatic nitrogens is 1. The maximum atomic E-state index is 13.6. The topological polar surface area (TPSA) is 236 Å². The number of primary amides is 1. The molecule has 0 spiro atoms. The molecule has 0 aliphatic rings. The molecule has 0 aliphatic carbocycles. The number of carboxylic acids is 1. The van der Waals surface area contributed by atoms with Gasteiger partial charge in [0.2, 0.25) is 23.6 Å². The lowest BCUT2D eigenvalue weighted by atomic mass is 10.0. The Morgan fingerprint density at radius 2 is 1.59 bits per heavy atom. The highest BCUT2D eigenvalue weighted by molar-refractivity contribution is 7.98. The zero-order valence-electron chi connectivity index (χ0n) is 23.2. The Morgan fingerprint density at radius 3 is 2.24 bits per heavy atom. The van der Waals surface area contributed by atoms with Crippen molar-refractivity contribution < 1.29 is 29.1 Å². The average Bonchev–Trinajstić information content (AvgIpc) is 3.35. The molecule has 0 fully saturated rings. The van der Waals surface area contributed by atoms with E-state index >= 15 is 0 Å². The Labute approximate surface area is 243 Å². The van der Waals surface area contributed by atoms with E-state index in [1.807, 2.05) is 30.5 Å². The number of unbranched alkanes of at least 4 members (excludes halogenated alkanes) is 1. The first kappa shape index (κ1) is 33.6. The molecule has 226 valence electrons. The van der Waals surface area contributed by atoms with Gasteiger partial charge in [0, 0.05) is 29.9 Å². The Kier molecular flexibility index (Phi) is 14.1. The molecule has 2 aromatic rings. The predicted molar refractivity (Wildman–Crippen MR) is 158 cm³/mol. The molecule has 4 amide bonds. The summed E-state index contributed by atoms with van der Waals surface area (Å²) in [6.45, 7) is 0.367. The van der Waals surface area contributed by atoms with E-state index in [0.29, 0.717) is 31.6 Å². The van der Waals surface area contributed by atoms with Crippen LogP contribution >= 0.6 is 11.8 Å². The van der Waals surface area contributed by atoms with E-state index in [1.165, 1.54) is 0 Å². The van der Waals surface area contributed by atoms with E-state index in [-0.39, 0.29) is 25.7 Å². The Morgan fingerprint density at radius 1 is 0.927 bits per heavy atom. The molecule has 0 radical (unpaired) electrons. The van der Waals surface area contributed by atoms with Crippen LogP contribution in [-0.4, -0.2) is 82.4 Å². The number of carboxylic acid groups (broad SMARTS) is 1. The molecule has 11 N–H and O–H groups in total. The van der Waals surface area contributed by atoms with Crippen molar-refractivity contribution in [3.05, 3.63) is 36.0 Å². The molecular weight excluding hydrogens is 550 g/mol. The van der Waals surface area contributed by atoms with Crippen LogP contribution in [0.2, 0.25) is 0 Å². The molecule has 4 unspecified atom stereocenters. The summed E-state index contributed by atoms with van der Waals surface area (Å²) in [6, 6.07) is 3.13. The summed E-state index contributed by atoms with van der Waals surface area (Å²) >= 11 is 1.55. The van der Waals surface area contributed by atoms with E-state index in [4.69, 9.17) is 17.2 Å². The first-order valence-electron chi connectivity index (χ1n) is 13.5. The summed E-state index contributed by atoms with van der Waals surface area (Å²) in [5, 5.41) is 18.2. The number of amides is 4. The summed E-state index contributed by atoms with van der Waals surface area (Å²) in [7, 11) is 0. The molecular formula is C27H41N7O6S. The lowest BCUT2D eigenvalue weighted by Gasteiger charge is -2.25. The number of hydrogen-bond donors (Lipinski definition) is 8. The van der Waals surface area contributed by atoms with Crippen LogP contribution in [0.1, 0.15) is 44.1 Å². The van der Waals surface area contributed by atoms with Crippen molar-refractivity contribution in [2.45, 2.75) is 69.1 Å². The molecule has 4 atom stereocenters. The molecule has 0 saturated heterocycles. The van der Waals surface area contributed by atoms with Gasteiger partial charge >= 0.3 is 5.97 Å². The van der Waals surface area contributed by atoms with Crippen LogP contribution in [0.5, 0.6) is 0 Å². The summed E-state index contributed by atoms with van der Waals surface area (Å²) in [6.07, 6.45) is 4.98. The molecule has 0 saturated carbocycles. The lowest BCUT2D eigenvalue weighted by Crippen LogP contribution is -2.57. The van der Waals surface area contributed by atoms with Crippen molar-refractivity contribution >= 4 is 52.3 Å². The minimum absolute atomic E-state index is 0.115. The second kappa shape index (κ2) is 17.3. The lowest BCUT2D eigenvalue weighted by molar-refractivity contribution is -0.142. The van der Waals surface area contributed by atoms with Crippen LogP contribution in [0.15, 0.2) is 30.5 Å². The molecule has 14 heteroatoms. The summed E-state index contributed by atoms with van der Waals surface area (Å²) in [5.41, 5.74) is 18.4. The number of aliphatic carboxylic acids is 1. The molecule has 13 nitrogen and oxygen atoms in total. The van der Waals surface area contributed by atoms with Gasteiger partial charge in [-0.1, -0.05) is 18.2 Å². The van der Waals surface area contributed by atoms with Gasteiger partial charge in [-0.25, -0.2) is 4.79 Å². The van der Waals surface area contributed by atoms with Crippen LogP contribution in [0.25, 0.3) is 10.9 Å². The van der Waals surface area contributed by atoms with Gasteiger partial charge in [-0.3, -0.25) is 19.2 Å². The normalized spacial score (nSPS) is 14.0. The van der Waals surface area contributed by atoms with Crippen molar-refractivity contribution in [3.8, 4) is 0 Å².